The minimum Gasteiger partial charge on any atom is -0.481 e. The molecule has 0 unspecified atom stereocenters. The third-order valence-corrected chi connectivity index (χ3v) is 5.69. The highest BCUT2D eigenvalue weighted by atomic mass is 32.1. The standard InChI is InChI=1S/C18H19F3N8O2S/c1-9-7-28(5-6-29(9)14-12-15(32-8-23-12)27-16(22)26-14)17(30)24-10-3-4-11(31-2)25-13(10)18(19,20)21/h3-4,8-9H,5-7H2,1-2H3,(H,24,30)(H2,22,26,27)/t9-/m0/s1. The number of hydrogen-bond donors (Lipinski definition) is 2. The van der Waals surface area contributed by atoms with Gasteiger partial charge in [0.25, 0.3) is 0 Å². The van der Waals surface area contributed by atoms with Crippen LogP contribution in [0.4, 0.5) is 35.4 Å². The summed E-state index contributed by atoms with van der Waals surface area (Å²) in [7, 11) is 1.21. The molecule has 1 saturated heterocycles. The smallest absolute Gasteiger partial charge is 0.435 e. The highest BCUT2D eigenvalue weighted by Gasteiger charge is 2.37. The number of anilines is 3. The molecule has 14 heteroatoms. The number of halogens is 3. The van der Waals surface area contributed by atoms with E-state index in [-0.39, 0.29) is 31.0 Å². The second kappa shape index (κ2) is 8.26. The monoisotopic (exact) mass is 468 g/mol. The Morgan fingerprint density at radius 3 is 2.75 bits per heavy atom. The van der Waals surface area contributed by atoms with Crippen LogP contribution in [0.1, 0.15) is 12.6 Å². The van der Waals surface area contributed by atoms with Gasteiger partial charge in [-0.2, -0.15) is 18.2 Å². The number of urea groups is 1. The number of rotatable bonds is 3. The molecule has 1 atom stereocenters. The van der Waals surface area contributed by atoms with E-state index in [1.807, 2.05) is 11.8 Å². The third kappa shape index (κ3) is 4.17. The quantitative estimate of drug-likeness (QED) is 0.602. The van der Waals surface area contributed by atoms with E-state index in [2.05, 4.69) is 25.3 Å². The number of piperazine rings is 1. The van der Waals surface area contributed by atoms with Gasteiger partial charge in [-0.05, 0) is 13.0 Å². The van der Waals surface area contributed by atoms with Crippen LogP contribution in [0.3, 0.4) is 0 Å². The van der Waals surface area contributed by atoms with Gasteiger partial charge in [0.15, 0.2) is 16.3 Å². The van der Waals surface area contributed by atoms with E-state index in [9.17, 15) is 18.0 Å². The topological polar surface area (TPSA) is 122 Å². The predicted molar refractivity (Wildman–Crippen MR) is 113 cm³/mol. The number of pyridine rings is 1. The Hall–Kier alpha value is -3.42. The van der Waals surface area contributed by atoms with Gasteiger partial charge >= 0.3 is 12.2 Å². The minimum atomic E-state index is -4.75. The van der Waals surface area contributed by atoms with Crippen molar-refractivity contribution in [2.24, 2.45) is 0 Å². The maximum Gasteiger partial charge on any atom is 0.435 e. The van der Waals surface area contributed by atoms with Gasteiger partial charge in [-0.3, -0.25) is 0 Å². The van der Waals surface area contributed by atoms with Gasteiger partial charge in [-0.15, -0.1) is 11.3 Å². The summed E-state index contributed by atoms with van der Waals surface area (Å²) >= 11 is 1.34. The van der Waals surface area contributed by atoms with Crippen molar-refractivity contribution in [3.63, 3.8) is 0 Å². The molecule has 10 nitrogen and oxygen atoms in total. The van der Waals surface area contributed by atoms with Crippen molar-refractivity contribution < 1.29 is 22.7 Å². The summed E-state index contributed by atoms with van der Waals surface area (Å²) in [5.41, 5.74) is 6.42. The largest absolute Gasteiger partial charge is 0.481 e. The summed E-state index contributed by atoms with van der Waals surface area (Å²) in [6.07, 6.45) is -4.75. The molecule has 0 aliphatic carbocycles. The van der Waals surface area contributed by atoms with Gasteiger partial charge in [0.05, 0.1) is 18.3 Å². The van der Waals surface area contributed by atoms with Gasteiger partial charge in [0.1, 0.15) is 5.52 Å². The van der Waals surface area contributed by atoms with E-state index in [1.54, 1.807) is 5.51 Å². The van der Waals surface area contributed by atoms with Gasteiger partial charge in [-0.1, -0.05) is 0 Å². The Morgan fingerprint density at radius 2 is 2.06 bits per heavy atom. The van der Waals surface area contributed by atoms with Crippen LogP contribution in [0.2, 0.25) is 0 Å². The normalized spacial score (nSPS) is 17.0. The summed E-state index contributed by atoms with van der Waals surface area (Å²) < 4.78 is 44.9. The summed E-state index contributed by atoms with van der Waals surface area (Å²) in [5.74, 6) is 0.492. The number of thiazole rings is 1. The average Bonchev–Trinajstić information content (AvgIpc) is 3.21. The number of ether oxygens (including phenoxy) is 1. The zero-order valence-electron chi connectivity index (χ0n) is 17.0. The second-order valence-electron chi connectivity index (χ2n) is 7.08. The minimum absolute atomic E-state index is 0.121. The molecule has 2 amide bonds. The number of fused-ring (bicyclic) bond motifs is 1. The van der Waals surface area contributed by atoms with E-state index in [4.69, 9.17) is 10.5 Å². The van der Waals surface area contributed by atoms with Gasteiger partial charge in [-0.25, -0.2) is 19.7 Å². The molecule has 3 aromatic rings. The van der Waals surface area contributed by atoms with Crippen LogP contribution >= 0.6 is 11.3 Å². The number of amides is 2. The highest BCUT2D eigenvalue weighted by molar-refractivity contribution is 7.16. The van der Waals surface area contributed by atoms with Crippen LogP contribution in [-0.4, -0.2) is 63.7 Å². The summed E-state index contributed by atoms with van der Waals surface area (Å²) in [6, 6.07) is 1.53. The summed E-state index contributed by atoms with van der Waals surface area (Å²) in [5, 5.41) is 2.32. The van der Waals surface area contributed by atoms with Crippen molar-refractivity contribution in [2.75, 3.05) is 42.7 Å². The first-order chi connectivity index (χ1) is 15.2. The number of nitrogens with one attached hydrogen (secondary N) is 1. The van der Waals surface area contributed by atoms with Gasteiger partial charge in [0.2, 0.25) is 11.8 Å². The van der Waals surface area contributed by atoms with Gasteiger partial charge < -0.3 is 25.6 Å². The maximum absolute atomic E-state index is 13.4. The fraction of sp³-hybridized carbons (Fsp3) is 0.389. The zero-order valence-corrected chi connectivity index (χ0v) is 17.9. The van der Waals surface area contributed by atoms with E-state index in [0.29, 0.717) is 22.7 Å². The summed E-state index contributed by atoms with van der Waals surface area (Å²) in [6.45, 7) is 2.79. The molecule has 170 valence electrons. The van der Waals surface area contributed by atoms with Crippen molar-refractivity contribution in [1.82, 2.24) is 24.8 Å². The average molecular weight is 468 g/mol. The Kier molecular flexibility index (Phi) is 5.62. The lowest BCUT2D eigenvalue weighted by molar-refractivity contribution is -0.140. The molecule has 0 bridgehead atoms. The lowest BCUT2D eigenvalue weighted by Gasteiger charge is -2.40. The number of nitrogens with two attached hydrogens (primary N) is 1. The molecule has 3 N–H and O–H groups in total. The molecule has 4 rings (SSSR count). The molecule has 1 aliphatic heterocycles. The van der Waals surface area contributed by atoms with Crippen LogP contribution in [-0.2, 0) is 6.18 Å². The van der Waals surface area contributed by atoms with E-state index in [0.717, 1.165) is 6.07 Å². The Morgan fingerprint density at radius 1 is 1.28 bits per heavy atom. The Balaban J connectivity index is 1.51. The second-order valence-corrected chi connectivity index (χ2v) is 7.91. The number of hydrogen-bond acceptors (Lipinski definition) is 9. The van der Waals surface area contributed by atoms with E-state index >= 15 is 0 Å². The first kappa shape index (κ1) is 21.8. The van der Waals surface area contributed by atoms with Crippen molar-refractivity contribution in [3.05, 3.63) is 23.3 Å². The number of nitrogen functional groups attached to an aromatic ring is 1. The fourth-order valence-corrected chi connectivity index (χ4v) is 4.15. The molecular formula is C18H19F3N8O2S. The van der Waals surface area contributed by atoms with Crippen molar-refractivity contribution in [1.29, 1.82) is 0 Å². The lowest BCUT2D eigenvalue weighted by Crippen LogP contribution is -2.55. The van der Waals surface area contributed by atoms with E-state index < -0.39 is 23.6 Å². The number of methoxy groups -OCH3 is 1. The summed E-state index contributed by atoms with van der Waals surface area (Å²) in [4.78, 5) is 33.0. The molecule has 0 saturated carbocycles. The van der Waals surface area contributed by atoms with Crippen LogP contribution in [0.15, 0.2) is 17.6 Å². The van der Waals surface area contributed by atoms with Crippen LogP contribution in [0.25, 0.3) is 10.3 Å². The molecule has 32 heavy (non-hydrogen) atoms. The van der Waals surface area contributed by atoms with Crippen LogP contribution in [0, 0.1) is 0 Å². The molecule has 3 aromatic heterocycles. The van der Waals surface area contributed by atoms with Crippen molar-refractivity contribution >= 4 is 45.2 Å². The molecule has 0 aromatic carbocycles. The van der Waals surface area contributed by atoms with Crippen molar-refractivity contribution in [3.8, 4) is 5.88 Å². The predicted octanol–water partition coefficient (Wildman–Crippen LogP) is 2.83. The molecule has 0 spiro atoms. The van der Waals surface area contributed by atoms with Gasteiger partial charge in [0, 0.05) is 31.7 Å². The Bertz CT molecular complexity index is 1150. The maximum atomic E-state index is 13.4. The molecular weight excluding hydrogens is 449 g/mol. The van der Waals surface area contributed by atoms with E-state index in [1.165, 1.54) is 29.4 Å². The first-order valence-electron chi connectivity index (χ1n) is 9.49. The number of carbonyl (C=O) groups is 1. The number of nitrogens with zero attached hydrogens (tertiary/aromatic N) is 6. The first-order valence-corrected chi connectivity index (χ1v) is 10.4. The van der Waals surface area contributed by atoms with Crippen LogP contribution < -0.4 is 20.7 Å². The zero-order chi connectivity index (χ0) is 23.0. The third-order valence-electron chi connectivity index (χ3n) is 4.97. The fourth-order valence-electron chi connectivity index (χ4n) is 3.49. The lowest BCUT2D eigenvalue weighted by atomic mass is 10.2. The van der Waals surface area contributed by atoms with Crippen molar-refractivity contribution in [2.45, 2.75) is 19.1 Å². The molecule has 4 heterocycles. The number of alkyl halides is 3. The van der Waals surface area contributed by atoms with Crippen LogP contribution in [0.5, 0.6) is 5.88 Å². The number of carbonyl (C=O) groups excluding carboxylic acids is 1. The molecule has 1 fully saturated rings. The molecule has 1 aliphatic rings. The highest BCUT2D eigenvalue weighted by Crippen LogP contribution is 2.35. The Labute approximate surface area is 184 Å². The SMILES string of the molecule is COc1ccc(NC(=O)N2CCN(c3nc(N)nc4scnc34)[C@@H](C)C2)c(C(F)(F)F)n1. The number of aromatic nitrogens is 4. The molecule has 0 radical (unpaired) electrons.